The van der Waals surface area contributed by atoms with Crippen molar-refractivity contribution in [2.24, 2.45) is 0 Å². The molecule has 0 aliphatic carbocycles. The maximum absolute atomic E-state index is 12.6. The van der Waals surface area contributed by atoms with Crippen molar-refractivity contribution in [2.75, 3.05) is 0 Å². The van der Waals surface area contributed by atoms with Crippen LogP contribution in [0.5, 0.6) is 0 Å². The van der Waals surface area contributed by atoms with Crippen molar-refractivity contribution >= 4 is 16.8 Å². The molecule has 1 saturated heterocycles. The van der Waals surface area contributed by atoms with Gasteiger partial charge in [-0.05, 0) is 62.3 Å². The van der Waals surface area contributed by atoms with Gasteiger partial charge in [0.05, 0.1) is 11.1 Å². The molecule has 4 nitrogen and oxygen atoms in total. The molecule has 1 heterocycles. The van der Waals surface area contributed by atoms with Gasteiger partial charge in [-0.2, -0.15) is 0 Å². The summed E-state index contributed by atoms with van der Waals surface area (Å²) in [4.78, 5) is 12.6. The van der Waals surface area contributed by atoms with Gasteiger partial charge in [-0.25, -0.2) is 0 Å². The van der Waals surface area contributed by atoms with Crippen LogP contribution in [0.2, 0.25) is 0 Å². The van der Waals surface area contributed by atoms with Gasteiger partial charge in [-0.3, -0.25) is 5.09 Å². The molecule has 1 aliphatic heterocycles. The van der Waals surface area contributed by atoms with Crippen LogP contribution in [0, 0.1) is 0 Å². The Hall–Kier alpha value is 0.700. The van der Waals surface area contributed by atoms with Crippen LogP contribution in [0.25, 0.3) is 0 Å². The van der Waals surface area contributed by atoms with E-state index in [0.29, 0.717) is 0 Å². The molecule has 0 radical (unpaired) electrons. The Morgan fingerprint density at radius 2 is 1.17 bits per heavy atom. The van der Waals surface area contributed by atoms with Crippen LogP contribution in [-0.4, -0.2) is 25.5 Å². The van der Waals surface area contributed by atoms with E-state index < -0.39 is 16.8 Å². The van der Waals surface area contributed by atoms with Gasteiger partial charge >= 0.3 is 0 Å². The number of hydrogen-bond donors (Lipinski definition) is 1. The molecular formula is C12H29N3OP2. The Kier molecular flexibility index (Phi) is 4.57. The fraction of sp³-hybridized carbons (Fsp3) is 1.00. The minimum Gasteiger partial charge on any atom is -0.652 e. The third kappa shape index (κ3) is 3.62. The van der Waals surface area contributed by atoms with Gasteiger partial charge < -0.3 is 4.89 Å². The molecule has 0 aromatic heterocycles. The molecule has 1 N–H and O–H groups in total. The summed E-state index contributed by atoms with van der Waals surface area (Å²) in [7, 11) is -2.50. The van der Waals surface area contributed by atoms with Gasteiger partial charge in [0.15, 0.2) is 8.37 Å². The predicted octanol–water partition coefficient (Wildman–Crippen LogP) is 3.14. The van der Waals surface area contributed by atoms with Crippen LogP contribution in [-0.2, 0) is 0 Å². The number of rotatable bonds is 1. The molecule has 0 unspecified atom stereocenters. The molecule has 1 aliphatic rings. The number of hydrogen-bond acceptors (Lipinski definition) is 4. The lowest BCUT2D eigenvalue weighted by molar-refractivity contribution is -0.185. The van der Waals surface area contributed by atoms with Gasteiger partial charge in [0.1, 0.15) is 8.45 Å². The minimum atomic E-state index is -1.82. The van der Waals surface area contributed by atoms with Gasteiger partial charge in [0.25, 0.3) is 0 Å². The second kappa shape index (κ2) is 4.91. The molecule has 0 spiro atoms. The zero-order valence-electron chi connectivity index (χ0n) is 13.2. The SMILES string of the molecule is CC(C)(C)NP1N(C(C)(C)C)[PH+]([O-])N1C(C)(C)C. The first kappa shape index (κ1) is 16.8. The highest BCUT2D eigenvalue weighted by Crippen LogP contribution is 2.76. The largest absolute Gasteiger partial charge is 0.652 e. The Bertz CT molecular complexity index is 282. The average Bonchev–Trinajstić information content (AvgIpc) is 1.92. The number of nitrogens with zero attached hydrogens (tertiary/aromatic N) is 2. The Balaban J connectivity index is 2.96. The Labute approximate surface area is 115 Å². The van der Waals surface area contributed by atoms with E-state index in [1.165, 1.54) is 0 Å². The molecule has 6 heteroatoms. The van der Waals surface area contributed by atoms with Gasteiger partial charge in [0.2, 0.25) is 0 Å². The van der Waals surface area contributed by atoms with Crippen LogP contribution >= 0.6 is 16.8 Å². The molecule has 108 valence electrons. The first-order valence-corrected chi connectivity index (χ1v) is 9.02. The standard InChI is InChI=1S/C12H29N3OP2/c1-10(2,3)13-17-14(11(4,5)6)18(16)15(17)12(7,8)9/h13,18H,1-9H3. The fourth-order valence-corrected chi connectivity index (χ4v) is 7.37. The van der Waals surface area contributed by atoms with Crippen molar-refractivity contribution < 1.29 is 4.89 Å². The third-order valence-corrected chi connectivity index (χ3v) is 9.51. The zero-order valence-corrected chi connectivity index (χ0v) is 15.1. The van der Waals surface area contributed by atoms with E-state index in [4.69, 9.17) is 0 Å². The lowest BCUT2D eigenvalue weighted by Crippen LogP contribution is -2.60. The third-order valence-electron chi connectivity index (χ3n) is 2.45. The van der Waals surface area contributed by atoms with Crippen molar-refractivity contribution in [2.45, 2.75) is 78.9 Å². The zero-order chi connectivity index (χ0) is 14.5. The molecule has 0 bridgehead atoms. The smallest absolute Gasteiger partial charge is 0.191 e. The summed E-state index contributed by atoms with van der Waals surface area (Å²) in [5, 5.41) is 3.64. The summed E-state index contributed by atoms with van der Waals surface area (Å²) in [5.74, 6) is 0. The lowest BCUT2D eigenvalue weighted by Gasteiger charge is -2.60. The molecule has 1 rings (SSSR count). The number of nitrogens with one attached hydrogen (secondary N) is 1. The van der Waals surface area contributed by atoms with Gasteiger partial charge in [-0.1, -0.05) is 0 Å². The van der Waals surface area contributed by atoms with Crippen molar-refractivity contribution in [1.29, 1.82) is 0 Å². The average molecular weight is 293 g/mol. The highest BCUT2D eigenvalue weighted by atomic mass is 31.3. The highest BCUT2D eigenvalue weighted by molar-refractivity contribution is 7.78. The summed E-state index contributed by atoms with van der Waals surface area (Å²) in [6.07, 6.45) is 0. The van der Waals surface area contributed by atoms with Crippen LogP contribution in [0.3, 0.4) is 0 Å². The van der Waals surface area contributed by atoms with Crippen LogP contribution in [0.1, 0.15) is 62.3 Å². The van der Waals surface area contributed by atoms with Gasteiger partial charge in [0, 0.05) is 5.54 Å². The molecule has 0 saturated carbocycles. The summed E-state index contributed by atoms with van der Waals surface area (Å²) >= 11 is 0. The minimum absolute atomic E-state index is 0.0290. The molecule has 18 heavy (non-hydrogen) atoms. The molecule has 0 atom stereocenters. The van der Waals surface area contributed by atoms with Crippen molar-refractivity contribution in [3.8, 4) is 0 Å². The second-order valence-corrected chi connectivity index (χ2v) is 11.7. The quantitative estimate of drug-likeness (QED) is 0.754. The second-order valence-electron chi connectivity index (χ2n) is 7.90. The van der Waals surface area contributed by atoms with E-state index >= 15 is 0 Å². The van der Waals surface area contributed by atoms with Crippen molar-refractivity contribution in [3.05, 3.63) is 0 Å². The Morgan fingerprint density at radius 3 is 1.39 bits per heavy atom. The maximum Gasteiger partial charge on any atom is 0.191 e. The van der Waals surface area contributed by atoms with E-state index in [2.05, 4.69) is 76.3 Å². The van der Waals surface area contributed by atoms with E-state index in [1.807, 2.05) is 0 Å². The summed E-state index contributed by atoms with van der Waals surface area (Å²) < 4.78 is 4.34. The topological polar surface area (TPSA) is 41.6 Å². The van der Waals surface area contributed by atoms with Crippen LogP contribution < -0.4 is 9.98 Å². The molecule has 1 fully saturated rings. The monoisotopic (exact) mass is 293 g/mol. The molecule has 0 aromatic rings. The summed E-state index contributed by atoms with van der Waals surface area (Å²) in [5.41, 5.74) is -0.0786. The van der Waals surface area contributed by atoms with E-state index in [0.717, 1.165) is 0 Å². The summed E-state index contributed by atoms with van der Waals surface area (Å²) in [6.45, 7) is 19.3. The van der Waals surface area contributed by atoms with Gasteiger partial charge in [-0.15, -0.1) is 8.88 Å². The van der Waals surface area contributed by atoms with Crippen molar-refractivity contribution in [1.82, 2.24) is 14.0 Å². The molecule has 0 amide bonds. The lowest BCUT2D eigenvalue weighted by atomic mass is 10.1. The predicted molar refractivity (Wildman–Crippen MR) is 81.3 cm³/mol. The van der Waals surface area contributed by atoms with E-state index in [1.54, 1.807) is 0 Å². The van der Waals surface area contributed by atoms with E-state index in [-0.39, 0.29) is 16.6 Å². The highest BCUT2D eigenvalue weighted by Gasteiger charge is 2.59. The van der Waals surface area contributed by atoms with Crippen molar-refractivity contribution in [3.63, 3.8) is 0 Å². The Morgan fingerprint density at radius 1 is 0.833 bits per heavy atom. The van der Waals surface area contributed by atoms with E-state index in [9.17, 15) is 4.89 Å². The molecule has 0 aromatic carbocycles. The van der Waals surface area contributed by atoms with Crippen LogP contribution in [0.4, 0.5) is 0 Å². The maximum atomic E-state index is 12.6. The fourth-order valence-electron chi connectivity index (χ4n) is 1.85. The first-order chi connectivity index (χ1) is 7.75. The summed E-state index contributed by atoms with van der Waals surface area (Å²) in [6, 6.07) is 0. The molecular weight excluding hydrogens is 264 g/mol. The van der Waals surface area contributed by atoms with Crippen LogP contribution in [0.15, 0.2) is 0 Å². The first-order valence-electron chi connectivity index (χ1n) is 6.47. The normalized spacial score (nSPS) is 28.3.